The smallest absolute Gasteiger partial charge is 0.403 e. The molecule has 0 aliphatic heterocycles. The van der Waals surface area contributed by atoms with Gasteiger partial charge in [-0.3, -0.25) is 0 Å². The molecule has 2 aliphatic carbocycles. The molecule has 184 valence electrons. The summed E-state index contributed by atoms with van der Waals surface area (Å²) < 4.78 is 70.9. The molecule has 0 saturated heterocycles. The minimum atomic E-state index is -4.95. The molecule has 0 aromatic heterocycles. The second kappa shape index (κ2) is 10.5. The van der Waals surface area contributed by atoms with Crippen LogP contribution in [-0.2, 0) is 12.8 Å². The van der Waals surface area contributed by atoms with Gasteiger partial charge in [-0.1, -0.05) is 56.9 Å². The third-order valence-corrected chi connectivity index (χ3v) is 7.34. The summed E-state index contributed by atoms with van der Waals surface area (Å²) in [5.41, 5.74) is 2.94. The molecule has 1 fully saturated rings. The van der Waals surface area contributed by atoms with Crippen LogP contribution in [0.25, 0.3) is 5.57 Å². The molecule has 1 nitrogen and oxygen atoms in total. The lowest BCUT2D eigenvalue weighted by molar-refractivity contribution is -0.275. The maximum atomic E-state index is 15.1. The molecule has 0 amide bonds. The van der Waals surface area contributed by atoms with E-state index in [1.54, 1.807) is 18.2 Å². The zero-order valence-corrected chi connectivity index (χ0v) is 19.5. The molecular weight excluding hydrogens is 447 g/mol. The van der Waals surface area contributed by atoms with Crippen molar-refractivity contribution in [1.29, 1.82) is 0 Å². The summed E-state index contributed by atoms with van der Waals surface area (Å²) in [6.45, 7) is 2.22. The van der Waals surface area contributed by atoms with Crippen molar-refractivity contribution in [1.82, 2.24) is 0 Å². The average Bonchev–Trinajstić information content (AvgIpc) is 2.80. The number of halogens is 5. The Kier molecular flexibility index (Phi) is 7.63. The first-order valence-electron chi connectivity index (χ1n) is 12.3. The van der Waals surface area contributed by atoms with Gasteiger partial charge in [0.1, 0.15) is 5.82 Å². The lowest BCUT2D eigenvalue weighted by atomic mass is 9.76. The van der Waals surface area contributed by atoms with E-state index in [2.05, 4.69) is 11.7 Å². The molecule has 0 bridgehead atoms. The molecule has 2 aliphatic rings. The monoisotopic (exact) mass is 478 g/mol. The number of rotatable bonds is 7. The Bertz CT molecular complexity index is 1030. The summed E-state index contributed by atoms with van der Waals surface area (Å²) in [4.78, 5) is 0. The lowest BCUT2D eigenvalue weighted by Crippen LogP contribution is -2.19. The normalized spacial score (nSPS) is 20.6. The van der Waals surface area contributed by atoms with Crippen molar-refractivity contribution in [2.75, 3.05) is 0 Å². The van der Waals surface area contributed by atoms with Crippen molar-refractivity contribution in [3.05, 3.63) is 70.3 Å². The van der Waals surface area contributed by atoms with Crippen LogP contribution in [0, 0.1) is 17.6 Å². The number of hydrogen-bond donors (Lipinski definition) is 0. The minimum absolute atomic E-state index is 0.0921. The number of benzene rings is 2. The zero-order chi connectivity index (χ0) is 24.3. The van der Waals surface area contributed by atoms with Crippen molar-refractivity contribution < 1.29 is 26.7 Å². The van der Waals surface area contributed by atoms with Gasteiger partial charge in [0, 0.05) is 5.56 Å². The Balaban J connectivity index is 1.42. The molecule has 0 unspecified atom stereocenters. The fourth-order valence-electron chi connectivity index (χ4n) is 5.45. The van der Waals surface area contributed by atoms with Gasteiger partial charge in [-0.25, -0.2) is 8.78 Å². The summed E-state index contributed by atoms with van der Waals surface area (Å²) in [7, 11) is 0. The van der Waals surface area contributed by atoms with Gasteiger partial charge >= 0.3 is 6.36 Å². The predicted molar refractivity (Wildman–Crippen MR) is 124 cm³/mol. The van der Waals surface area contributed by atoms with E-state index < -0.39 is 17.9 Å². The van der Waals surface area contributed by atoms with Gasteiger partial charge in [-0.2, -0.15) is 0 Å². The molecule has 0 atom stereocenters. The van der Waals surface area contributed by atoms with Gasteiger partial charge < -0.3 is 4.74 Å². The van der Waals surface area contributed by atoms with Crippen LogP contribution in [0.15, 0.2) is 36.4 Å². The molecule has 34 heavy (non-hydrogen) atoms. The Labute approximate surface area is 198 Å². The Morgan fingerprint density at radius 1 is 0.971 bits per heavy atom. The maximum Gasteiger partial charge on any atom is 0.573 e. The van der Waals surface area contributed by atoms with Gasteiger partial charge in [-0.05, 0) is 84.8 Å². The van der Waals surface area contributed by atoms with Crippen LogP contribution in [0.5, 0.6) is 5.75 Å². The first-order valence-corrected chi connectivity index (χ1v) is 12.3. The molecule has 0 heterocycles. The van der Waals surface area contributed by atoms with E-state index in [-0.39, 0.29) is 24.2 Å². The molecule has 2 aromatic rings. The molecule has 0 radical (unpaired) electrons. The molecule has 4 rings (SSSR count). The summed E-state index contributed by atoms with van der Waals surface area (Å²) in [5.74, 6) is -0.963. The van der Waals surface area contributed by atoms with Crippen molar-refractivity contribution in [2.24, 2.45) is 5.92 Å². The van der Waals surface area contributed by atoms with Gasteiger partial charge in [-0.15, -0.1) is 13.2 Å². The van der Waals surface area contributed by atoms with Gasteiger partial charge in [0.05, 0.1) is 0 Å². The fraction of sp³-hybridized carbons (Fsp3) is 0.500. The second-order valence-electron chi connectivity index (χ2n) is 9.63. The number of unbranched alkanes of at least 4 members (excludes halogenated alkanes) is 2. The van der Waals surface area contributed by atoms with Crippen molar-refractivity contribution >= 4 is 5.57 Å². The average molecular weight is 479 g/mol. The van der Waals surface area contributed by atoms with Crippen LogP contribution in [0.2, 0.25) is 0 Å². The fourth-order valence-corrected chi connectivity index (χ4v) is 5.45. The molecule has 0 N–H and O–H groups in total. The highest BCUT2D eigenvalue weighted by Crippen LogP contribution is 2.40. The molecule has 6 heteroatoms. The highest BCUT2D eigenvalue weighted by Gasteiger charge is 2.33. The van der Waals surface area contributed by atoms with Gasteiger partial charge in [0.15, 0.2) is 11.6 Å². The van der Waals surface area contributed by atoms with Crippen LogP contribution < -0.4 is 4.74 Å². The van der Waals surface area contributed by atoms with Crippen LogP contribution in [0.3, 0.4) is 0 Å². The van der Waals surface area contributed by atoms with Crippen LogP contribution in [0.4, 0.5) is 22.0 Å². The van der Waals surface area contributed by atoms with Crippen LogP contribution >= 0.6 is 0 Å². The maximum absolute atomic E-state index is 15.1. The molecular formula is C28H31F5O. The highest BCUT2D eigenvalue weighted by atomic mass is 19.4. The lowest BCUT2D eigenvalue weighted by Gasteiger charge is -2.29. The summed E-state index contributed by atoms with van der Waals surface area (Å²) in [6, 6.07) is 7.85. The first kappa shape index (κ1) is 24.7. The van der Waals surface area contributed by atoms with E-state index in [1.165, 1.54) is 44.6 Å². The quantitative estimate of drug-likeness (QED) is 0.285. The first-order chi connectivity index (χ1) is 16.2. The van der Waals surface area contributed by atoms with E-state index >= 15 is 4.39 Å². The Hall–Kier alpha value is -2.37. The zero-order valence-electron chi connectivity index (χ0n) is 19.5. The second-order valence-corrected chi connectivity index (χ2v) is 9.63. The largest absolute Gasteiger partial charge is 0.573 e. The van der Waals surface area contributed by atoms with Gasteiger partial charge in [0.25, 0.3) is 0 Å². The summed E-state index contributed by atoms with van der Waals surface area (Å²) >= 11 is 0. The van der Waals surface area contributed by atoms with Crippen molar-refractivity contribution in [3.63, 3.8) is 0 Å². The molecule has 2 aromatic carbocycles. The third kappa shape index (κ3) is 5.81. The topological polar surface area (TPSA) is 9.23 Å². The third-order valence-electron chi connectivity index (χ3n) is 7.34. The highest BCUT2D eigenvalue weighted by molar-refractivity contribution is 5.71. The van der Waals surface area contributed by atoms with E-state index in [0.717, 1.165) is 36.0 Å². The Morgan fingerprint density at radius 3 is 2.41 bits per heavy atom. The van der Waals surface area contributed by atoms with E-state index in [0.29, 0.717) is 17.0 Å². The number of alkyl halides is 3. The number of ether oxygens (including phenoxy) is 1. The summed E-state index contributed by atoms with van der Waals surface area (Å²) in [6.07, 6.45) is 6.81. The SMILES string of the molecule is CCCCCC1CCC(c2ccc(C3=CCc4c(ccc(OC(F)(F)F)c4F)C3)c(F)c2)CC1. The van der Waals surface area contributed by atoms with E-state index in [9.17, 15) is 17.6 Å². The number of allylic oxidation sites excluding steroid dienone is 2. The van der Waals surface area contributed by atoms with E-state index in [4.69, 9.17) is 0 Å². The number of hydrogen-bond acceptors (Lipinski definition) is 1. The Morgan fingerprint density at radius 2 is 1.74 bits per heavy atom. The van der Waals surface area contributed by atoms with E-state index in [1.807, 2.05) is 6.07 Å². The number of fused-ring (bicyclic) bond motifs is 1. The molecule has 1 saturated carbocycles. The molecule has 0 spiro atoms. The predicted octanol–water partition coefficient (Wildman–Crippen LogP) is 8.90. The van der Waals surface area contributed by atoms with Crippen molar-refractivity contribution in [2.45, 2.75) is 83.4 Å². The summed E-state index contributed by atoms with van der Waals surface area (Å²) in [5, 5.41) is 0. The van der Waals surface area contributed by atoms with Crippen molar-refractivity contribution in [3.8, 4) is 5.75 Å². The standard InChI is InChI=1S/C28H31F5O/c1-2-3-4-5-18-6-8-19(9-7-18)20-10-13-23(25(29)17-20)21-11-14-24-22(16-21)12-15-26(27(24)30)34-28(31,32)33/h10-13,15,17-19H,2-9,14,16H2,1H3. The minimum Gasteiger partial charge on any atom is -0.403 e. The van der Waals surface area contributed by atoms with Gasteiger partial charge in [0.2, 0.25) is 0 Å². The van der Waals surface area contributed by atoms with Crippen LogP contribution in [-0.4, -0.2) is 6.36 Å². The van der Waals surface area contributed by atoms with Crippen LogP contribution in [0.1, 0.15) is 86.5 Å².